The van der Waals surface area contributed by atoms with E-state index < -0.39 is 24.5 Å². The molecule has 13 heteroatoms. The highest BCUT2D eigenvalue weighted by atomic mass is 35.5. The zero-order chi connectivity index (χ0) is 24.7. The number of carbonyl (C=O) groups is 1. The van der Waals surface area contributed by atoms with Gasteiger partial charge in [-0.2, -0.15) is 26.3 Å². The number of anilines is 1. The van der Waals surface area contributed by atoms with Crippen LogP contribution in [0.1, 0.15) is 5.56 Å². The van der Waals surface area contributed by atoms with Gasteiger partial charge in [0.15, 0.2) is 0 Å². The highest BCUT2D eigenvalue weighted by Gasteiger charge is 2.60. The molecule has 1 amide bonds. The lowest BCUT2D eigenvalue weighted by Crippen LogP contribution is -2.48. The van der Waals surface area contributed by atoms with Crippen LogP contribution < -0.4 is 4.90 Å². The van der Waals surface area contributed by atoms with Crippen LogP contribution in [0.4, 0.5) is 36.8 Å². The molecule has 34 heavy (non-hydrogen) atoms. The van der Waals surface area contributed by atoms with Crippen LogP contribution in [0, 0.1) is 11.8 Å². The summed E-state index contributed by atoms with van der Waals surface area (Å²) in [5.74, 6) is -0.132. The van der Waals surface area contributed by atoms with E-state index in [0.29, 0.717) is 37.9 Å². The first-order chi connectivity index (χ1) is 15.9. The van der Waals surface area contributed by atoms with Gasteiger partial charge in [-0.3, -0.25) is 4.90 Å². The van der Waals surface area contributed by atoms with E-state index in [2.05, 4.69) is 14.5 Å². The Bertz CT molecular complexity index is 865. The summed E-state index contributed by atoms with van der Waals surface area (Å²) < 4.78 is 85.3. The molecule has 3 fully saturated rings. The minimum atomic E-state index is -5.73. The van der Waals surface area contributed by atoms with Crippen LogP contribution >= 0.6 is 11.6 Å². The molecule has 1 aromatic rings. The molecule has 0 bridgehead atoms. The van der Waals surface area contributed by atoms with E-state index in [-0.39, 0.29) is 24.9 Å². The van der Waals surface area contributed by atoms with Gasteiger partial charge in [0, 0.05) is 45.8 Å². The number of ether oxygens (including phenoxy) is 2. The molecular formula is C21H24ClF6N3O3. The number of morpholine rings is 1. The predicted molar refractivity (Wildman–Crippen MR) is 111 cm³/mol. The Labute approximate surface area is 197 Å². The van der Waals surface area contributed by atoms with Crippen LogP contribution in [-0.4, -0.2) is 86.8 Å². The Morgan fingerprint density at radius 3 is 2.18 bits per heavy atom. The van der Waals surface area contributed by atoms with Gasteiger partial charge >= 0.3 is 18.4 Å². The molecule has 3 aliphatic rings. The number of fused-ring (bicyclic) bond motifs is 1. The first-order valence-corrected chi connectivity index (χ1v) is 11.2. The number of nitrogens with zero attached hydrogens (tertiary/aromatic N) is 3. The molecule has 2 atom stereocenters. The molecule has 0 aliphatic carbocycles. The number of alkyl halides is 6. The van der Waals surface area contributed by atoms with E-state index in [1.165, 1.54) is 0 Å². The Morgan fingerprint density at radius 1 is 1.03 bits per heavy atom. The molecule has 0 spiro atoms. The first kappa shape index (κ1) is 25.2. The molecule has 1 aromatic carbocycles. The zero-order valence-corrected chi connectivity index (χ0v) is 18.8. The van der Waals surface area contributed by atoms with Crippen molar-refractivity contribution in [2.24, 2.45) is 11.8 Å². The van der Waals surface area contributed by atoms with Gasteiger partial charge in [-0.25, -0.2) is 4.79 Å². The van der Waals surface area contributed by atoms with Crippen LogP contribution in [0.2, 0.25) is 5.02 Å². The standard InChI is InChI=1S/C21H24ClF6N3O3/c22-17-13(2-1-3-16(17)30-4-6-33-7-5-30)8-29-9-14-11-31(12-15(14)10-29)19(32)34-18(20(23,24)25)21(26,27)28/h1-3,14-15,18H,4-12H2. The third-order valence-electron chi connectivity index (χ3n) is 6.44. The van der Waals surface area contributed by atoms with Gasteiger partial charge < -0.3 is 19.3 Å². The number of benzene rings is 1. The van der Waals surface area contributed by atoms with E-state index in [4.69, 9.17) is 16.3 Å². The van der Waals surface area contributed by atoms with Crippen LogP contribution in [0.5, 0.6) is 0 Å². The van der Waals surface area contributed by atoms with Gasteiger partial charge in [0.25, 0.3) is 6.10 Å². The smallest absolute Gasteiger partial charge is 0.426 e. The molecular weight excluding hydrogens is 492 g/mol. The van der Waals surface area contributed by atoms with Gasteiger partial charge in [-0.1, -0.05) is 23.7 Å². The van der Waals surface area contributed by atoms with Crippen molar-refractivity contribution < 1.29 is 40.6 Å². The van der Waals surface area contributed by atoms with Crippen LogP contribution in [-0.2, 0) is 16.0 Å². The second kappa shape index (κ2) is 9.62. The topological polar surface area (TPSA) is 45.2 Å². The Kier molecular flexibility index (Phi) is 7.12. The molecule has 6 nitrogen and oxygen atoms in total. The highest BCUT2D eigenvalue weighted by molar-refractivity contribution is 6.34. The summed E-state index contributed by atoms with van der Waals surface area (Å²) in [5.41, 5.74) is 1.86. The van der Waals surface area contributed by atoms with E-state index in [9.17, 15) is 31.1 Å². The third kappa shape index (κ3) is 5.49. The fourth-order valence-electron chi connectivity index (χ4n) is 4.84. The molecule has 2 unspecified atom stereocenters. The molecule has 3 saturated heterocycles. The number of rotatable bonds is 4. The van der Waals surface area contributed by atoms with Crippen LogP contribution in [0.15, 0.2) is 18.2 Å². The average Bonchev–Trinajstić information content (AvgIpc) is 3.31. The molecule has 0 saturated carbocycles. The Hall–Kier alpha value is -1.92. The third-order valence-corrected chi connectivity index (χ3v) is 6.87. The largest absolute Gasteiger partial charge is 0.434 e. The van der Waals surface area contributed by atoms with Crippen LogP contribution in [0.3, 0.4) is 0 Å². The van der Waals surface area contributed by atoms with Crippen molar-refractivity contribution in [1.29, 1.82) is 0 Å². The van der Waals surface area contributed by atoms with Gasteiger partial charge in [-0.05, 0) is 23.5 Å². The van der Waals surface area contributed by atoms with Crippen molar-refractivity contribution in [1.82, 2.24) is 9.80 Å². The van der Waals surface area contributed by atoms with E-state index in [1.54, 1.807) is 0 Å². The lowest BCUT2D eigenvalue weighted by Gasteiger charge is -2.30. The van der Waals surface area contributed by atoms with Gasteiger partial charge in [0.05, 0.1) is 23.9 Å². The van der Waals surface area contributed by atoms with Crippen molar-refractivity contribution in [3.8, 4) is 0 Å². The number of carbonyl (C=O) groups excluding carboxylic acids is 1. The number of halogens is 7. The Morgan fingerprint density at radius 2 is 1.62 bits per heavy atom. The lowest BCUT2D eigenvalue weighted by atomic mass is 10.0. The molecule has 0 N–H and O–H groups in total. The van der Waals surface area contributed by atoms with Gasteiger partial charge in [0.2, 0.25) is 0 Å². The summed E-state index contributed by atoms with van der Waals surface area (Å²) in [4.78, 5) is 17.3. The van der Waals surface area contributed by atoms with Crippen molar-refractivity contribution in [2.75, 3.05) is 57.4 Å². The van der Waals surface area contributed by atoms with Gasteiger partial charge in [0.1, 0.15) is 0 Å². The monoisotopic (exact) mass is 515 g/mol. The first-order valence-electron chi connectivity index (χ1n) is 10.8. The SMILES string of the molecule is O=C(OC(C(F)(F)F)C(F)(F)F)N1CC2CN(Cc3cccc(N4CCOCC4)c3Cl)CC2C1. The predicted octanol–water partition coefficient (Wildman–Crippen LogP) is 4.17. The van der Waals surface area contributed by atoms with E-state index >= 15 is 0 Å². The number of likely N-dealkylation sites (tertiary alicyclic amines) is 2. The molecule has 0 aromatic heterocycles. The fourth-order valence-corrected chi connectivity index (χ4v) is 5.15. The normalized spacial score (nSPS) is 24.1. The molecule has 3 heterocycles. The maximum Gasteiger partial charge on any atom is 0.434 e. The molecule has 0 radical (unpaired) electrons. The average molecular weight is 516 g/mol. The summed E-state index contributed by atoms with van der Waals surface area (Å²) in [5, 5.41) is 0.650. The van der Waals surface area contributed by atoms with Crippen molar-refractivity contribution in [3.63, 3.8) is 0 Å². The maximum absolute atomic E-state index is 12.7. The maximum atomic E-state index is 12.7. The number of hydrogen-bond donors (Lipinski definition) is 0. The number of amides is 1. The minimum Gasteiger partial charge on any atom is -0.426 e. The van der Waals surface area contributed by atoms with E-state index in [0.717, 1.165) is 29.2 Å². The van der Waals surface area contributed by atoms with Crippen molar-refractivity contribution >= 4 is 23.4 Å². The summed E-state index contributed by atoms with van der Waals surface area (Å²) in [7, 11) is 0. The number of hydrogen-bond acceptors (Lipinski definition) is 5. The van der Waals surface area contributed by atoms with Gasteiger partial charge in [-0.15, -0.1) is 0 Å². The molecule has 4 rings (SSSR count). The second-order valence-corrected chi connectivity index (χ2v) is 9.19. The molecule has 3 aliphatic heterocycles. The zero-order valence-electron chi connectivity index (χ0n) is 18.0. The van der Waals surface area contributed by atoms with Crippen LogP contribution in [0.25, 0.3) is 0 Å². The Balaban J connectivity index is 1.33. The fraction of sp³-hybridized carbons (Fsp3) is 0.667. The quantitative estimate of drug-likeness (QED) is 0.563. The molecule has 190 valence electrons. The minimum absolute atomic E-state index is 0.0456. The van der Waals surface area contributed by atoms with Crippen molar-refractivity contribution in [2.45, 2.75) is 25.0 Å². The summed E-state index contributed by atoms with van der Waals surface area (Å²) in [6.07, 6.45) is -17.2. The second-order valence-electron chi connectivity index (χ2n) is 8.82. The lowest BCUT2D eigenvalue weighted by molar-refractivity contribution is -0.308. The van der Waals surface area contributed by atoms with E-state index in [1.807, 2.05) is 18.2 Å². The van der Waals surface area contributed by atoms with Crippen molar-refractivity contribution in [3.05, 3.63) is 28.8 Å². The summed E-state index contributed by atoms with van der Waals surface area (Å²) in [6, 6.07) is 5.81. The summed E-state index contributed by atoms with van der Waals surface area (Å²) in [6.45, 7) is 4.48. The highest BCUT2D eigenvalue weighted by Crippen LogP contribution is 2.38. The summed E-state index contributed by atoms with van der Waals surface area (Å²) >= 11 is 6.67.